The molecule has 7 heterocycles. The van der Waals surface area contributed by atoms with Crippen LogP contribution in [0.2, 0.25) is 5.02 Å². The lowest BCUT2D eigenvalue weighted by Crippen LogP contribution is -2.60. The topological polar surface area (TPSA) is 218 Å². The van der Waals surface area contributed by atoms with Gasteiger partial charge < -0.3 is 25.5 Å². The predicted octanol–water partition coefficient (Wildman–Crippen LogP) is 5.10. The van der Waals surface area contributed by atoms with Crippen molar-refractivity contribution in [2.45, 2.75) is 64.6 Å². The minimum Gasteiger partial charge on any atom is -0.480 e. The second-order valence-electron chi connectivity index (χ2n) is 18.9. The molecule has 1 unspecified atom stereocenters. The standard InChI is InChI=1S/C51H53ClFN13O6S/c1-27-28(2)73-51-45(27)47(30-9-11-33(52)12-10-30)57-37(49-59-58-29(3)66(49)51)21-43(69)64-18-17-61(4)40(25-64)50(72)63-15-13-31(14-16-63)48-46-34(35-20-39-32(19-36(35)53)22-56-62(39)5)7-6-8-38(46)65(60-48)26-42(68)54-23-41(67)55-24-44(70)71/h6-12,19-20,22,31,37,40H,13-18,21,23-26H2,1-5H3,(H,54,68)(H,55,67)(H,70,71)/t37-,40?/m0/s1. The highest BCUT2D eigenvalue weighted by molar-refractivity contribution is 7.15. The number of piperidine rings is 1. The number of nitrogens with one attached hydrogen (secondary N) is 2. The SMILES string of the molecule is Cc1sc2c(c1C)C(c1ccc(Cl)cc1)=N[C@@H](CC(=O)N1CCN(C)C(C(=O)N3CCC(c4nn(CC(=O)NCC(=O)NCC(=O)O)c5cccc(-c6cc7c(cnn7C)cc6F)c45)CC3)C1)c1nnc(C)n1-2. The number of carbonyl (C=O) groups excluding carboxylic acids is 4. The maximum atomic E-state index is 16.1. The highest BCUT2D eigenvalue weighted by Crippen LogP contribution is 2.42. The number of carboxylic acid groups (broad SMARTS) is 1. The molecule has 22 heteroatoms. The zero-order valence-corrected chi connectivity index (χ0v) is 42.4. The molecule has 0 saturated carbocycles. The van der Waals surface area contributed by atoms with Crippen LogP contribution in [0.15, 0.2) is 65.8 Å². The first-order valence-electron chi connectivity index (χ1n) is 24.0. The van der Waals surface area contributed by atoms with Gasteiger partial charge in [0.1, 0.15) is 41.8 Å². The van der Waals surface area contributed by atoms with Crippen LogP contribution in [0, 0.1) is 26.6 Å². The smallest absolute Gasteiger partial charge is 0.322 e. The number of nitrogens with zero attached hydrogens (tertiary/aromatic N) is 11. The Morgan fingerprint density at radius 1 is 0.877 bits per heavy atom. The van der Waals surface area contributed by atoms with Crippen LogP contribution in [-0.4, -0.2) is 148 Å². The number of aliphatic carboxylic acids is 1. The van der Waals surface area contributed by atoms with Crippen LogP contribution >= 0.6 is 22.9 Å². The number of aryl methyl sites for hydroxylation is 3. The van der Waals surface area contributed by atoms with E-state index >= 15 is 4.39 Å². The molecule has 7 aromatic rings. The monoisotopic (exact) mass is 1030 g/mol. The number of benzene rings is 3. The second-order valence-corrected chi connectivity index (χ2v) is 20.5. The van der Waals surface area contributed by atoms with Crippen molar-refractivity contribution >= 4 is 80.1 Å². The fourth-order valence-electron chi connectivity index (χ4n) is 10.3. The van der Waals surface area contributed by atoms with E-state index < -0.39 is 48.8 Å². The Morgan fingerprint density at radius 2 is 1.63 bits per heavy atom. The van der Waals surface area contributed by atoms with E-state index in [4.69, 9.17) is 26.8 Å². The Bertz CT molecular complexity index is 3390. The highest BCUT2D eigenvalue weighted by Gasteiger charge is 2.39. The molecule has 10 rings (SSSR count). The van der Waals surface area contributed by atoms with Gasteiger partial charge >= 0.3 is 5.97 Å². The fourth-order valence-corrected chi connectivity index (χ4v) is 11.6. The minimum absolute atomic E-state index is 0.0183. The van der Waals surface area contributed by atoms with Gasteiger partial charge in [-0.15, -0.1) is 21.5 Å². The maximum Gasteiger partial charge on any atom is 0.322 e. The lowest BCUT2D eigenvalue weighted by molar-refractivity contribution is -0.144. The Kier molecular flexibility index (Phi) is 13.4. The number of likely N-dealkylation sites (tertiary alicyclic amines) is 1. The fraction of sp³-hybridized carbons (Fsp3) is 0.373. The summed E-state index contributed by atoms with van der Waals surface area (Å²) in [6.07, 6.45) is 2.66. The Labute approximate surface area is 427 Å². The normalized spacial score (nSPS) is 17.3. The van der Waals surface area contributed by atoms with Gasteiger partial charge in [-0.1, -0.05) is 35.9 Å². The highest BCUT2D eigenvalue weighted by atomic mass is 35.5. The first kappa shape index (κ1) is 49.2. The van der Waals surface area contributed by atoms with Gasteiger partial charge in [0.2, 0.25) is 23.6 Å². The summed E-state index contributed by atoms with van der Waals surface area (Å²) < 4.78 is 21.3. The van der Waals surface area contributed by atoms with Crippen molar-refractivity contribution in [3.63, 3.8) is 0 Å². The number of fused-ring (bicyclic) bond motifs is 5. The summed E-state index contributed by atoms with van der Waals surface area (Å²) in [6, 6.07) is 14.9. The number of halogens is 2. The maximum absolute atomic E-state index is 16.1. The molecule has 73 heavy (non-hydrogen) atoms. The van der Waals surface area contributed by atoms with Crippen molar-refractivity contribution < 1.29 is 33.5 Å². The molecule has 0 bridgehead atoms. The van der Waals surface area contributed by atoms with Crippen LogP contribution in [0.5, 0.6) is 0 Å². The number of thiophene rings is 1. The van der Waals surface area contributed by atoms with Gasteiger partial charge in [-0.3, -0.25) is 47.8 Å². The van der Waals surface area contributed by atoms with Crippen LogP contribution in [0.25, 0.3) is 37.9 Å². The van der Waals surface area contributed by atoms with Crippen molar-refractivity contribution in [2.24, 2.45) is 12.0 Å². The molecule has 0 radical (unpaired) electrons. The Morgan fingerprint density at radius 3 is 2.38 bits per heavy atom. The zero-order chi connectivity index (χ0) is 51.4. The Balaban J connectivity index is 0.878. The summed E-state index contributed by atoms with van der Waals surface area (Å²) in [4.78, 5) is 77.6. The van der Waals surface area contributed by atoms with Crippen molar-refractivity contribution in [1.29, 1.82) is 0 Å². The molecule has 2 atom stereocenters. The van der Waals surface area contributed by atoms with E-state index in [2.05, 4.69) is 39.8 Å². The summed E-state index contributed by atoms with van der Waals surface area (Å²) >= 11 is 7.96. The van der Waals surface area contributed by atoms with E-state index in [9.17, 15) is 24.0 Å². The zero-order valence-electron chi connectivity index (χ0n) is 40.9. The molecule has 2 fully saturated rings. The largest absolute Gasteiger partial charge is 0.480 e. The van der Waals surface area contributed by atoms with Crippen LogP contribution in [0.1, 0.15) is 70.1 Å². The molecule has 4 amide bonds. The van der Waals surface area contributed by atoms with Gasteiger partial charge in [0, 0.05) is 83.1 Å². The molecular formula is C51H53ClFN13O6S. The number of rotatable bonds is 12. The van der Waals surface area contributed by atoms with Gasteiger partial charge in [0.15, 0.2) is 5.82 Å². The molecule has 0 aliphatic carbocycles. The third-order valence-electron chi connectivity index (χ3n) is 14.3. The summed E-state index contributed by atoms with van der Waals surface area (Å²) in [5.74, 6) is -2.03. The van der Waals surface area contributed by atoms with Gasteiger partial charge in [0.05, 0.1) is 41.6 Å². The third kappa shape index (κ3) is 9.47. The first-order chi connectivity index (χ1) is 35.0. The number of carboxylic acids is 1. The lowest BCUT2D eigenvalue weighted by atomic mass is 9.88. The van der Waals surface area contributed by atoms with E-state index in [0.717, 1.165) is 37.8 Å². The van der Waals surface area contributed by atoms with E-state index in [-0.39, 0.29) is 37.2 Å². The molecule has 3 aromatic carbocycles. The van der Waals surface area contributed by atoms with E-state index in [1.54, 1.807) is 52.4 Å². The van der Waals surface area contributed by atoms with Crippen LogP contribution < -0.4 is 10.6 Å². The van der Waals surface area contributed by atoms with Crippen molar-refractivity contribution in [1.82, 2.24) is 59.7 Å². The van der Waals surface area contributed by atoms with Crippen molar-refractivity contribution in [3.05, 3.63) is 111 Å². The number of likely N-dealkylation sites (N-methyl/N-ethyl adjacent to an activating group) is 1. The molecule has 3 aliphatic heterocycles. The van der Waals surface area contributed by atoms with Crippen LogP contribution in [0.3, 0.4) is 0 Å². The number of aliphatic imine (C=N–C) groups is 1. The quantitative estimate of drug-likeness (QED) is 0.146. The summed E-state index contributed by atoms with van der Waals surface area (Å²) in [5.41, 5.74) is 6.54. The molecule has 4 aromatic heterocycles. The Hall–Kier alpha value is -7.36. The summed E-state index contributed by atoms with van der Waals surface area (Å²) in [5, 5.41) is 34.9. The lowest BCUT2D eigenvalue weighted by Gasteiger charge is -2.42. The first-order valence-corrected chi connectivity index (χ1v) is 25.2. The van der Waals surface area contributed by atoms with Crippen molar-refractivity contribution in [3.8, 4) is 16.1 Å². The molecule has 3 aliphatic rings. The van der Waals surface area contributed by atoms with Gasteiger partial charge in [-0.05, 0) is 82.1 Å². The van der Waals surface area contributed by atoms with Gasteiger partial charge in [0.25, 0.3) is 0 Å². The molecule has 2 saturated heterocycles. The van der Waals surface area contributed by atoms with Crippen LogP contribution in [-0.2, 0) is 37.6 Å². The molecule has 0 spiro atoms. The number of hydrogen-bond acceptors (Lipinski definition) is 12. The number of amides is 4. The molecule has 19 nitrogen and oxygen atoms in total. The van der Waals surface area contributed by atoms with E-state index in [1.165, 1.54) is 10.7 Å². The van der Waals surface area contributed by atoms with E-state index in [1.807, 2.05) is 58.7 Å². The summed E-state index contributed by atoms with van der Waals surface area (Å²) in [6.45, 7) is 6.66. The molecule has 378 valence electrons. The van der Waals surface area contributed by atoms with Crippen LogP contribution in [0.4, 0.5) is 4.39 Å². The minimum atomic E-state index is -1.21. The predicted molar refractivity (Wildman–Crippen MR) is 273 cm³/mol. The molecule has 3 N–H and O–H groups in total. The van der Waals surface area contributed by atoms with Gasteiger partial charge in [-0.2, -0.15) is 10.2 Å². The average Bonchev–Trinajstić information content (AvgIpc) is 4.11. The molecular weight excluding hydrogens is 977 g/mol. The van der Waals surface area contributed by atoms with Gasteiger partial charge in [-0.25, -0.2) is 4.39 Å². The van der Waals surface area contributed by atoms with E-state index in [0.29, 0.717) is 88.8 Å². The summed E-state index contributed by atoms with van der Waals surface area (Å²) in [7, 11) is 3.69. The number of carbonyl (C=O) groups is 5. The second kappa shape index (κ2) is 19.9. The third-order valence-corrected chi connectivity index (χ3v) is 15.8. The number of hydrogen-bond donors (Lipinski definition) is 3. The number of aromatic nitrogens is 7. The average molecular weight is 1030 g/mol. The van der Waals surface area contributed by atoms with Crippen molar-refractivity contribution in [2.75, 3.05) is 52.9 Å². The number of piperazine rings is 1.